The van der Waals surface area contributed by atoms with Gasteiger partial charge in [0.05, 0.1) is 17.1 Å². The zero-order chi connectivity index (χ0) is 21.0. The van der Waals surface area contributed by atoms with Crippen molar-refractivity contribution in [1.29, 1.82) is 0 Å². The normalized spacial score (nSPS) is 15.3. The second-order valence-electron chi connectivity index (χ2n) is 7.82. The second-order valence-corrected chi connectivity index (χ2v) is 7.82. The zero-order valence-corrected chi connectivity index (χ0v) is 17.8. The van der Waals surface area contributed by atoms with E-state index < -0.39 is 0 Å². The third kappa shape index (κ3) is 5.23. The molecule has 2 N–H and O–H groups in total. The molecular formula is C22H31N5O2. The number of likely N-dealkylation sites (tertiary alicyclic amines) is 1. The van der Waals surface area contributed by atoms with Crippen LogP contribution in [-0.4, -0.2) is 58.5 Å². The molecular weight excluding hydrogens is 366 g/mol. The number of carbonyl (C=O) groups excluding carboxylic acids is 1. The fraction of sp³-hybridized carbons (Fsp3) is 0.500. The highest BCUT2D eigenvalue weighted by Gasteiger charge is 2.26. The molecule has 7 heteroatoms. The number of likely N-dealkylation sites (N-methyl/N-ethyl adjacent to an activating group) is 1. The number of aryl methyl sites for hydroxylation is 3. The second kappa shape index (κ2) is 9.22. The number of aromatic nitrogens is 2. The lowest BCUT2D eigenvalue weighted by Gasteiger charge is -2.36. The molecule has 29 heavy (non-hydrogen) atoms. The highest BCUT2D eigenvalue weighted by atomic mass is 16.5. The largest absolute Gasteiger partial charge is 0.453 e. The number of nitrogen functional groups attached to an aromatic ring is 1. The summed E-state index contributed by atoms with van der Waals surface area (Å²) in [5.41, 5.74) is 10.4. The molecule has 7 nitrogen and oxygen atoms in total. The summed E-state index contributed by atoms with van der Waals surface area (Å²) in [6.07, 6.45) is 1.93. The molecule has 1 aromatic heterocycles. The molecule has 156 valence electrons. The Morgan fingerprint density at radius 3 is 2.41 bits per heavy atom. The molecule has 0 unspecified atom stereocenters. The third-order valence-corrected chi connectivity index (χ3v) is 5.78. The van der Waals surface area contributed by atoms with Gasteiger partial charge in [-0.15, -0.1) is 0 Å². The predicted molar refractivity (Wildman–Crippen MR) is 114 cm³/mol. The molecule has 2 aromatic rings. The Morgan fingerprint density at radius 1 is 1.17 bits per heavy atom. The van der Waals surface area contributed by atoms with E-state index in [1.54, 1.807) is 13.8 Å². The molecule has 2 heterocycles. The number of nitrogens with zero attached hydrogens (tertiary/aromatic N) is 4. The Kier molecular flexibility index (Phi) is 6.69. The number of hydrogen-bond acceptors (Lipinski definition) is 6. The van der Waals surface area contributed by atoms with Crippen LogP contribution in [0.1, 0.15) is 35.4 Å². The number of anilines is 1. The van der Waals surface area contributed by atoms with Crippen LogP contribution in [0.15, 0.2) is 24.3 Å². The van der Waals surface area contributed by atoms with Gasteiger partial charge in [-0.05, 0) is 44.7 Å². The van der Waals surface area contributed by atoms with Gasteiger partial charge in [0.2, 0.25) is 0 Å². The summed E-state index contributed by atoms with van der Waals surface area (Å²) in [7, 11) is 1.85. The molecule has 0 radical (unpaired) electrons. The van der Waals surface area contributed by atoms with Crippen molar-refractivity contribution in [2.75, 3.05) is 32.5 Å². The van der Waals surface area contributed by atoms with E-state index in [1.807, 2.05) is 11.9 Å². The molecule has 1 saturated heterocycles. The number of amides is 1. The van der Waals surface area contributed by atoms with Crippen LogP contribution in [0.2, 0.25) is 0 Å². The van der Waals surface area contributed by atoms with Crippen LogP contribution in [-0.2, 0) is 11.3 Å². The number of ether oxygens (including phenoxy) is 1. The topological polar surface area (TPSA) is 84.6 Å². The number of benzene rings is 1. The number of nitrogens with two attached hydrogens (primary N) is 1. The number of rotatable bonds is 6. The lowest BCUT2D eigenvalue weighted by molar-refractivity contribution is -0.135. The van der Waals surface area contributed by atoms with Crippen LogP contribution in [0, 0.1) is 20.8 Å². The lowest BCUT2D eigenvalue weighted by atomic mass is 10.0. The van der Waals surface area contributed by atoms with Crippen LogP contribution < -0.4 is 10.5 Å². The zero-order valence-electron chi connectivity index (χ0n) is 17.8. The Morgan fingerprint density at radius 2 is 1.79 bits per heavy atom. The van der Waals surface area contributed by atoms with Gasteiger partial charge in [-0.2, -0.15) is 9.97 Å². The Balaban J connectivity index is 1.48. The molecule has 0 saturated carbocycles. The molecule has 0 atom stereocenters. The molecule has 0 aliphatic carbocycles. The van der Waals surface area contributed by atoms with E-state index in [2.05, 4.69) is 46.1 Å². The van der Waals surface area contributed by atoms with Crippen LogP contribution in [0.25, 0.3) is 0 Å². The van der Waals surface area contributed by atoms with Crippen LogP contribution in [0.5, 0.6) is 6.01 Å². The smallest absolute Gasteiger partial charge is 0.317 e. The summed E-state index contributed by atoms with van der Waals surface area (Å²) in [6, 6.07) is 8.94. The Hall–Kier alpha value is -2.67. The molecule has 0 bridgehead atoms. The molecule has 1 fully saturated rings. The van der Waals surface area contributed by atoms with E-state index in [0.717, 1.165) is 32.5 Å². The van der Waals surface area contributed by atoms with Crippen molar-refractivity contribution in [1.82, 2.24) is 19.8 Å². The first-order chi connectivity index (χ1) is 13.8. The van der Waals surface area contributed by atoms with Crippen molar-refractivity contribution in [3.63, 3.8) is 0 Å². The van der Waals surface area contributed by atoms with Gasteiger partial charge in [0, 0.05) is 32.7 Å². The number of piperidine rings is 1. The van der Waals surface area contributed by atoms with E-state index in [4.69, 9.17) is 10.5 Å². The first-order valence-corrected chi connectivity index (χ1v) is 10.1. The van der Waals surface area contributed by atoms with E-state index in [9.17, 15) is 4.79 Å². The lowest BCUT2D eigenvalue weighted by Crippen LogP contribution is -2.46. The first-order valence-electron chi connectivity index (χ1n) is 10.1. The average Bonchev–Trinajstić information content (AvgIpc) is 2.72. The van der Waals surface area contributed by atoms with Crippen LogP contribution in [0.3, 0.4) is 0 Å². The van der Waals surface area contributed by atoms with Gasteiger partial charge in [0.15, 0.2) is 6.61 Å². The number of carbonyl (C=O) groups is 1. The summed E-state index contributed by atoms with van der Waals surface area (Å²) in [4.78, 5) is 25.2. The maximum Gasteiger partial charge on any atom is 0.317 e. The van der Waals surface area contributed by atoms with Crippen molar-refractivity contribution in [3.05, 3.63) is 46.8 Å². The van der Waals surface area contributed by atoms with E-state index in [-0.39, 0.29) is 24.6 Å². The molecule has 1 aliphatic heterocycles. The minimum Gasteiger partial charge on any atom is -0.453 e. The molecule has 1 aliphatic rings. The van der Waals surface area contributed by atoms with Crippen molar-refractivity contribution >= 4 is 11.6 Å². The minimum absolute atomic E-state index is 0.0573. The molecule has 1 amide bonds. The van der Waals surface area contributed by atoms with Crippen molar-refractivity contribution in [3.8, 4) is 6.01 Å². The predicted octanol–water partition coefficient (Wildman–Crippen LogP) is 2.49. The maximum absolute atomic E-state index is 12.6. The van der Waals surface area contributed by atoms with Gasteiger partial charge < -0.3 is 15.4 Å². The summed E-state index contributed by atoms with van der Waals surface area (Å²) < 4.78 is 5.53. The summed E-state index contributed by atoms with van der Waals surface area (Å²) >= 11 is 0. The summed E-state index contributed by atoms with van der Waals surface area (Å²) in [5, 5.41) is 0. The third-order valence-electron chi connectivity index (χ3n) is 5.78. The first kappa shape index (κ1) is 21.0. The highest BCUT2D eigenvalue weighted by Crippen LogP contribution is 2.20. The molecule has 3 rings (SSSR count). The Labute approximate surface area is 172 Å². The molecule has 0 spiro atoms. The van der Waals surface area contributed by atoms with Crippen molar-refractivity contribution in [2.45, 2.75) is 46.2 Å². The van der Waals surface area contributed by atoms with E-state index in [0.29, 0.717) is 17.1 Å². The standard InChI is InChI=1S/C22H31N5O2/c1-15-7-5-6-8-18(15)13-27-11-9-19(10-12-27)26(4)20(28)14-29-22-24-16(2)21(23)17(3)25-22/h5-8,19H,9-14,23H2,1-4H3. The monoisotopic (exact) mass is 397 g/mol. The van der Waals surface area contributed by atoms with E-state index in [1.165, 1.54) is 11.1 Å². The van der Waals surface area contributed by atoms with Gasteiger partial charge in [-0.25, -0.2) is 0 Å². The van der Waals surface area contributed by atoms with Crippen molar-refractivity contribution < 1.29 is 9.53 Å². The average molecular weight is 398 g/mol. The minimum atomic E-state index is -0.0667. The van der Waals surface area contributed by atoms with E-state index >= 15 is 0 Å². The van der Waals surface area contributed by atoms with Gasteiger partial charge >= 0.3 is 6.01 Å². The fourth-order valence-electron chi connectivity index (χ4n) is 3.68. The number of hydrogen-bond donors (Lipinski definition) is 1. The van der Waals surface area contributed by atoms with Gasteiger partial charge in [0.1, 0.15) is 0 Å². The summed E-state index contributed by atoms with van der Waals surface area (Å²) in [5.74, 6) is -0.0573. The van der Waals surface area contributed by atoms with Crippen LogP contribution >= 0.6 is 0 Å². The quantitative estimate of drug-likeness (QED) is 0.806. The fourth-order valence-corrected chi connectivity index (χ4v) is 3.68. The van der Waals surface area contributed by atoms with Crippen LogP contribution in [0.4, 0.5) is 5.69 Å². The van der Waals surface area contributed by atoms with Gasteiger partial charge in [-0.3, -0.25) is 9.69 Å². The highest BCUT2D eigenvalue weighted by molar-refractivity contribution is 5.77. The van der Waals surface area contributed by atoms with Gasteiger partial charge in [-0.1, -0.05) is 24.3 Å². The Bertz CT molecular complexity index is 839. The van der Waals surface area contributed by atoms with Crippen molar-refractivity contribution in [2.24, 2.45) is 0 Å². The SMILES string of the molecule is Cc1ccccc1CN1CCC(N(C)C(=O)COc2nc(C)c(N)c(C)n2)CC1. The molecule has 1 aromatic carbocycles. The van der Waals surface area contributed by atoms with Gasteiger partial charge in [0.25, 0.3) is 5.91 Å². The maximum atomic E-state index is 12.6. The summed E-state index contributed by atoms with van der Waals surface area (Å²) in [6.45, 7) is 8.62.